The van der Waals surface area contributed by atoms with Gasteiger partial charge in [-0.25, -0.2) is 4.79 Å². The third-order valence-electron chi connectivity index (χ3n) is 2.96. The normalized spacial score (nSPS) is 20.5. The van der Waals surface area contributed by atoms with Gasteiger partial charge in [0.15, 0.2) is 0 Å². The summed E-state index contributed by atoms with van der Waals surface area (Å²) in [6, 6.07) is 0. The molecule has 0 N–H and O–H groups in total. The Morgan fingerprint density at radius 1 is 1.44 bits per heavy atom. The van der Waals surface area contributed by atoms with E-state index in [9.17, 15) is 19.2 Å². The minimum Gasteiger partial charge on any atom is -0.330 e. The third-order valence-corrected chi connectivity index (χ3v) is 2.96. The van der Waals surface area contributed by atoms with E-state index in [1.807, 2.05) is 0 Å². The van der Waals surface area contributed by atoms with Crippen molar-refractivity contribution in [2.24, 2.45) is 17.3 Å². The predicted molar refractivity (Wildman–Crippen MR) is 60.7 cm³/mol. The number of hydroxylamine groups is 2. The number of imide groups is 1. The highest BCUT2D eigenvalue weighted by atomic mass is 16.7. The van der Waals surface area contributed by atoms with Gasteiger partial charge in [0.25, 0.3) is 11.8 Å². The molecule has 6 nitrogen and oxygen atoms in total. The molecule has 0 aromatic carbocycles. The van der Waals surface area contributed by atoms with Crippen molar-refractivity contribution in [2.75, 3.05) is 0 Å². The Morgan fingerprint density at radius 2 is 2.00 bits per heavy atom. The van der Waals surface area contributed by atoms with Crippen LogP contribution in [0.5, 0.6) is 0 Å². The molecule has 0 radical (unpaired) electrons. The topological polar surface area (TPSA) is 80.8 Å². The highest BCUT2D eigenvalue weighted by Crippen LogP contribution is 2.34. The van der Waals surface area contributed by atoms with Crippen LogP contribution in [0.25, 0.3) is 0 Å². The summed E-state index contributed by atoms with van der Waals surface area (Å²) in [5.74, 6) is -3.09. The van der Waals surface area contributed by atoms with E-state index in [-0.39, 0.29) is 6.42 Å². The first-order chi connectivity index (χ1) is 8.20. The SMILES string of the molecule is CC(C)C(=O)ON1C(=O)CC(C(C)(C)C=O)C1=O. The van der Waals surface area contributed by atoms with E-state index in [0.29, 0.717) is 11.3 Å². The molecular weight excluding hydrogens is 238 g/mol. The molecule has 0 spiro atoms. The molecular formula is C12H17NO5. The summed E-state index contributed by atoms with van der Waals surface area (Å²) < 4.78 is 0. The molecule has 100 valence electrons. The molecule has 0 aromatic heterocycles. The van der Waals surface area contributed by atoms with Gasteiger partial charge in [-0.3, -0.25) is 9.59 Å². The van der Waals surface area contributed by atoms with Crippen molar-refractivity contribution in [1.82, 2.24) is 5.06 Å². The van der Waals surface area contributed by atoms with Crippen LogP contribution in [0.2, 0.25) is 0 Å². The van der Waals surface area contributed by atoms with Crippen LogP contribution in [-0.2, 0) is 24.0 Å². The second-order valence-corrected chi connectivity index (χ2v) is 5.29. The summed E-state index contributed by atoms with van der Waals surface area (Å²) in [7, 11) is 0. The third kappa shape index (κ3) is 2.57. The molecule has 6 heteroatoms. The Labute approximate surface area is 105 Å². The van der Waals surface area contributed by atoms with Gasteiger partial charge in [-0.2, -0.15) is 0 Å². The molecule has 0 bridgehead atoms. The number of carbonyl (C=O) groups is 4. The predicted octanol–water partition coefficient (Wildman–Crippen LogP) is 0.701. The maximum absolute atomic E-state index is 11.9. The van der Waals surface area contributed by atoms with E-state index in [4.69, 9.17) is 4.84 Å². The lowest BCUT2D eigenvalue weighted by atomic mass is 9.79. The fourth-order valence-electron chi connectivity index (χ4n) is 1.56. The highest BCUT2D eigenvalue weighted by Gasteiger charge is 2.48. The summed E-state index contributed by atoms with van der Waals surface area (Å²) in [5.41, 5.74) is -0.953. The molecule has 1 aliphatic rings. The quantitative estimate of drug-likeness (QED) is 0.545. The van der Waals surface area contributed by atoms with Gasteiger partial charge < -0.3 is 9.63 Å². The Balaban J connectivity index is 2.86. The molecule has 1 fully saturated rings. The second-order valence-electron chi connectivity index (χ2n) is 5.29. The fraction of sp³-hybridized carbons (Fsp3) is 0.667. The summed E-state index contributed by atoms with van der Waals surface area (Å²) in [6.45, 7) is 6.34. The van der Waals surface area contributed by atoms with Crippen molar-refractivity contribution in [3.05, 3.63) is 0 Å². The summed E-state index contributed by atoms with van der Waals surface area (Å²) in [6.07, 6.45) is 0.520. The van der Waals surface area contributed by atoms with Crippen LogP contribution in [0.3, 0.4) is 0 Å². The van der Waals surface area contributed by atoms with Crippen LogP contribution in [-0.4, -0.2) is 29.1 Å². The van der Waals surface area contributed by atoms with E-state index in [2.05, 4.69) is 0 Å². The first-order valence-electron chi connectivity index (χ1n) is 5.75. The van der Waals surface area contributed by atoms with E-state index in [0.717, 1.165) is 0 Å². The lowest BCUT2D eigenvalue weighted by Gasteiger charge is -2.22. The van der Waals surface area contributed by atoms with Gasteiger partial charge in [-0.05, 0) is 0 Å². The molecule has 0 aliphatic carbocycles. The summed E-state index contributed by atoms with van der Waals surface area (Å²) >= 11 is 0. The van der Waals surface area contributed by atoms with E-state index < -0.39 is 35.0 Å². The van der Waals surface area contributed by atoms with Crippen molar-refractivity contribution in [3.63, 3.8) is 0 Å². The molecule has 1 atom stereocenters. The van der Waals surface area contributed by atoms with Crippen LogP contribution in [0.1, 0.15) is 34.1 Å². The minimum atomic E-state index is -0.953. The van der Waals surface area contributed by atoms with Crippen molar-refractivity contribution < 1.29 is 24.0 Å². The van der Waals surface area contributed by atoms with E-state index in [1.165, 1.54) is 0 Å². The maximum atomic E-state index is 11.9. The van der Waals surface area contributed by atoms with Gasteiger partial charge in [0.05, 0.1) is 11.8 Å². The van der Waals surface area contributed by atoms with Crippen molar-refractivity contribution in [1.29, 1.82) is 0 Å². The molecule has 0 aromatic rings. The van der Waals surface area contributed by atoms with Crippen LogP contribution in [0, 0.1) is 17.3 Å². The number of amides is 2. The van der Waals surface area contributed by atoms with Crippen molar-refractivity contribution >= 4 is 24.1 Å². The Hall–Kier alpha value is -1.72. The van der Waals surface area contributed by atoms with Gasteiger partial charge in [-0.1, -0.05) is 27.7 Å². The van der Waals surface area contributed by atoms with Crippen molar-refractivity contribution in [3.8, 4) is 0 Å². The number of nitrogens with zero attached hydrogens (tertiary/aromatic N) is 1. The smallest absolute Gasteiger partial charge is 0.330 e. The Bertz CT molecular complexity index is 399. The lowest BCUT2D eigenvalue weighted by Crippen LogP contribution is -2.38. The monoisotopic (exact) mass is 255 g/mol. The fourth-order valence-corrected chi connectivity index (χ4v) is 1.56. The molecule has 1 heterocycles. The van der Waals surface area contributed by atoms with Gasteiger partial charge in [0.2, 0.25) is 0 Å². The van der Waals surface area contributed by atoms with Gasteiger partial charge >= 0.3 is 5.97 Å². The molecule has 1 rings (SSSR count). The van der Waals surface area contributed by atoms with Gasteiger partial charge in [0.1, 0.15) is 6.29 Å². The molecule has 1 aliphatic heterocycles. The van der Waals surface area contributed by atoms with Crippen LogP contribution < -0.4 is 0 Å². The number of rotatable bonds is 4. The Morgan fingerprint density at radius 3 is 2.44 bits per heavy atom. The molecule has 18 heavy (non-hydrogen) atoms. The average Bonchev–Trinajstić information content (AvgIpc) is 2.57. The molecule has 1 unspecified atom stereocenters. The van der Waals surface area contributed by atoms with E-state index in [1.54, 1.807) is 27.7 Å². The van der Waals surface area contributed by atoms with E-state index >= 15 is 0 Å². The lowest BCUT2D eigenvalue weighted by molar-refractivity contribution is -0.201. The first-order valence-corrected chi connectivity index (χ1v) is 5.75. The minimum absolute atomic E-state index is 0.115. The molecule has 1 saturated heterocycles. The first kappa shape index (κ1) is 14.3. The number of hydrogen-bond donors (Lipinski definition) is 0. The van der Waals surface area contributed by atoms with Crippen LogP contribution in [0.15, 0.2) is 0 Å². The average molecular weight is 255 g/mol. The summed E-state index contributed by atoms with van der Waals surface area (Å²) in [4.78, 5) is 50.6. The standard InChI is InChI=1S/C12H17NO5/c1-7(2)11(17)18-13-9(15)5-8(10(13)16)12(3,4)6-14/h6-8H,5H2,1-4H3. The number of carbonyl (C=O) groups excluding carboxylic acids is 4. The maximum Gasteiger partial charge on any atom is 0.335 e. The van der Waals surface area contributed by atoms with Gasteiger partial charge in [0, 0.05) is 11.8 Å². The zero-order valence-electron chi connectivity index (χ0n) is 10.9. The van der Waals surface area contributed by atoms with Crippen LogP contribution in [0.4, 0.5) is 0 Å². The largest absolute Gasteiger partial charge is 0.335 e. The van der Waals surface area contributed by atoms with Crippen LogP contribution >= 0.6 is 0 Å². The summed E-state index contributed by atoms with van der Waals surface area (Å²) in [5, 5.41) is 0.484. The number of aldehydes is 1. The molecule has 2 amide bonds. The second kappa shape index (κ2) is 4.88. The zero-order chi connectivity index (χ0) is 14.1. The highest BCUT2D eigenvalue weighted by molar-refractivity contribution is 6.04. The molecule has 0 saturated carbocycles. The number of hydrogen-bond acceptors (Lipinski definition) is 5. The van der Waals surface area contributed by atoms with Crippen molar-refractivity contribution in [2.45, 2.75) is 34.1 Å². The Kier molecular flexibility index (Phi) is 3.88. The zero-order valence-corrected chi connectivity index (χ0v) is 10.9. The van der Waals surface area contributed by atoms with Gasteiger partial charge in [-0.15, -0.1) is 5.06 Å².